The van der Waals surface area contributed by atoms with Crippen molar-refractivity contribution in [2.24, 2.45) is 11.3 Å². The summed E-state index contributed by atoms with van der Waals surface area (Å²) in [5, 5.41) is 9.22. The van der Waals surface area contributed by atoms with E-state index in [0.717, 1.165) is 6.42 Å². The van der Waals surface area contributed by atoms with E-state index in [4.69, 9.17) is 4.74 Å². The first-order valence-corrected chi connectivity index (χ1v) is 8.99. The molecule has 2 saturated heterocycles. The van der Waals surface area contributed by atoms with Crippen LogP contribution < -0.4 is 0 Å². The van der Waals surface area contributed by atoms with Gasteiger partial charge in [-0.3, -0.25) is 4.79 Å². The number of piperidine rings is 1. The largest absolute Gasteiger partial charge is 0.465 e. The fourth-order valence-corrected chi connectivity index (χ4v) is 3.90. The van der Waals surface area contributed by atoms with Crippen LogP contribution in [0.25, 0.3) is 0 Å². The molecule has 2 atom stereocenters. The summed E-state index contributed by atoms with van der Waals surface area (Å²) < 4.78 is 5.54. The van der Waals surface area contributed by atoms with Gasteiger partial charge in [0.1, 0.15) is 11.6 Å². The summed E-state index contributed by atoms with van der Waals surface area (Å²) in [6.07, 6.45) is 0.971. The molecule has 0 bridgehead atoms. The van der Waals surface area contributed by atoms with Crippen LogP contribution in [-0.2, 0) is 14.3 Å². The predicted octanol–water partition coefficient (Wildman–Crippen LogP) is 2.35. The van der Waals surface area contributed by atoms with Crippen LogP contribution in [0, 0.1) is 11.3 Å². The lowest BCUT2D eigenvalue weighted by Gasteiger charge is -2.43. The van der Waals surface area contributed by atoms with Crippen LogP contribution in [0.3, 0.4) is 0 Å². The van der Waals surface area contributed by atoms with Crippen molar-refractivity contribution >= 4 is 18.0 Å². The first kappa shape index (κ1) is 19.5. The minimum Gasteiger partial charge on any atom is -0.465 e. The van der Waals surface area contributed by atoms with Crippen LogP contribution in [0.2, 0.25) is 0 Å². The third-order valence-electron chi connectivity index (χ3n) is 5.01. The molecule has 1 spiro atoms. The Morgan fingerprint density at radius 2 is 1.84 bits per heavy atom. The molecule has 0 aliphatic carbocycles. The Balaban J connectivity index is 2.23. The van der Waals surface area contributed by atoms with Gasteiger partial charge in [0, 0.05) is 19.6 Å². The van der Waals surface area contributed by atoms with E-state index in [1.165, 1.54) is 4.90 Å². The topological polar surface area (TPSA) is 87.2 Å². The van der Waals surface area contributed by atoms with Crippen molar-refractivity contribution in [2.45, 2.75) is 65.5 Å². The lowest BCUT2D eigenvalue weighted by atomic mass is 9.77. The number of rotatable bonds is 3. The molecule has 0 aromatic carbocycles. The zero-order valence-corrected chi connectivity index (χ0v) is 15.9. The Labute approximate surface area is 149 Å². The minimum atomic E-state index is -0.991. The van der Waals surface area contributed by atoms with Crippen LogP contribution in [-0.4, -0.2) is 64.2 Å². The van der Waals surface area contributed by atoms with Crippen molar-refractivity contribution < 1.29 is 24.2 Å². The van der Waals surface area contributed by atoms with E-state index in [9.17, 15) is 19.5 Å². The van der Waals surface area contributed by atoms with Gasteiger partial charge in [-0.25, -0.2) is 9.59 Å². The van der Waals surface area contributed by atoms with Gasteiger partial charge in [0.25, 0.3) is 0 Å². The second-order valence-electron chi connectivity index (χ2n) is 8.56. The number of carboxylic acid groups (broad SMARTS) is 1. The molecular weight excluding hydrogens is 324 g/mol. The highest BCUT2D eigenvalue weighted by atomic mass is 16.6. The molecule has 25 heavy (non-hydrogen) atoms. The molecule has 2 heterocycles. The molecule has 2 amide bonds. The van der Waals surface area contributed by atoms with E-state index in [0.29, 0.717) is 25.9 Å². The Morgan fingerprint density at radius 3 is 2.32 bits per heavy atom. The first-order chi connectivity index (χ1) is 11.5. The molecule has 142 valence electrons. The summed E-state index contributed by atoms with van der Waals surface area (Å²) in [4.78, 5) is 40.1. The van der Waals surface area contributed by atoms with Crippen molar-refractivity contribution in [2.75, 3.05) is 19.6 Å². The van der Waals surface area contributed by atoms with Crippen LogP contribution >= 0.6 is 0 Å². The van der Waals surface area contributed by atoms with Gasteiger partial charge in [-0.1, -0.05) is 13.8 Å². The Morgan fingerprint density at radius 1 is 1.20 bits per heavy atom. The molecule has 7 nitrogen and oxygen atoms in total. The Hall–Kier alpha value is -1.79. The molecule has 2 rings (SSSR count). The van der Waals surface area contributed by atoms with Crippen LogP contribution in [0.15, 0.2) is 0 Å². The number of hydrogen-bond donors (Lipinski definition) is 1. The van der Waals surface area contributed by atoms with Gasteiger partial charge in [0.15, 0.2) is 0 Å². The van der Waals surface area contributed by atoms with Gasteiger partial charge in [-0.15, -0.1) is 0 Å². The van der Waals surface area contributed by atoms with Gasteiger partial charge < -0.3 is 19.6 Å². The summed E-state index contributed by atoms with van der Waals surface area (Å²) in [5.41, 5.74) is -1.31. The third-order valence-corrected chi connectivity index (χ3v) is 5.01. The minimum absolute atomic E-state index is 0.0778. The summed E-state index contributed by atoms with van der Waals surface area (Å²) in [5.74, 6) is -0.570. The van der Waals surface area contributed by atoms with Crippen molar-refractivity contribution in [3.8, 4) is 0 Å². The molecule has 2 aliphatic rings. The zero-order chi connectivity index (χ0) is 19.0. The molecule has 1 unspecified atom stereocenters. The molecule has 0 aromatic heterocycles. The molecule has 2 fully saturated rings. The molecule has 0 aromatic rings. The molecule has 7 heteroatoms. The van der Waals surface area contributed by atoms with E-state index in [1.54, 1.807) is 4.90 Å². The smallest absolute Gasteiger partial charge is 0.407 e. The van der Waals surface area contributed by atoms with Gasteiger partial charge in [-0.2, -0.15) is 0 Å². The van der Waals surface area contributed by atoms with E-state index in [2.05, 4.69) is 0 Å². The summed E-state index contributed by atoms with van der Waals surface area (Å²) >= 11 is 0. The average molecular weight is 354 g/mol. The SMILES string of the molecule is CC(C)[C@@H](C(=O)OC(C)(C)C)N1CCCC2(CCN(C(=O)O)C2)C1=O. The lowest BCUT2D eigenvalue weighted by molar-refractivity contribution is -0.171. The van der Waals surface area contributed by atoms with Crippen LogP contribution in [0.1, 0.15) is 53.9 Å². The van der Waals surface area contributed by atoms with E-state index in [1.807, 2.05) is 34.6 Å². The zero-order valence-electron chi connectivity index (χ0n) is 15.9. The highest BCUT2D eigenvalue weighted by molar-refractivity contribution is 5.90. The van der Waals surface area contributed by atoms with Crippen molar-refractivity contribution in [3.63, 3.8) is 0 Å². The summed E-state index contributed by atoms with van der Waals surface area (Å²) in [6, 6.07) is -0.636. The number of esters is 1. The first-order valence-electron chi connectivity index (χ1n) is 8.99. The highest BCUT2D eigenvalue weighted by Crippen LogP contribution is 2.41. The van der Waals surface area contributed by atoms with Gasteiger partial charge in [0.05, 0.1) is 5.41 Å². The van der Waals surface area contributed by atoms with Gasteiger partial charge in [0.2, 0.25) is 5.91 Å². The summed E-state index contributed by atoms with van der Waals surface area (Å²) in [6.45, 7) is 10.3. The summed E-state index contributed by atoms with van der Waals surface area (Å²) in [7, 11) is 0. The third kappa shape index (κ3) is 4.07. The quantitative estimate of drug-likeness (QED) is 0.786. The molecule has 2 aliphatic heterocycles. The highest BCUT2D eigenvalue weighted by Gasteiger charge is 2.52. The maximum absolute atomic E-state index is 13.2. The van der Waals surface area contributed by atoms with E-state index in [-0.39, 0.29) is 24.3 Å². The normalized spacial score (nSPS) is 25.6. The van der Waals surface area contributed by atoms with Crippen LogP contribution in [0.5, 0.6) is 0 Å². The van der Waals surface area contributed by atoms with Crippen LogP contribution in [0.4, 0.5) is 4.79 Å². The maximum atomic E-state index is 13.2. The number of hydrogen-bond acceptors (Lipinski definition) is 4. The fourth-order valence-electron chi connectivity index (χ4n) is 3.90. The number of nitrogens with zero attached hydrogens (tertiary/aromatic N) is 2. The van der Waals surface area contributed by atoms with Gasteiger partial charge in [-0.05, 0) is 46.0 Å². The number of carbonyl (C=O) groups excluding carboxylic acids is 2. The average Bonchev–Trinajstić information content (AvgIpc) is 2.87. The lowest BCUT2D eigenvalue weighted by Crippen LogP contribution is -2.58. The van der Waals surface area contributed by atoms with Crippen molar-refractivity contribution in [1.29, 1.82) is 0 Å². The number of ether oxygens (including phenoxy) is 1. The standard InChI is InChI=1S/C18H30N2O5/c1-12(2)13(14(21)25-17(3,4)5)20-9-6-7-18(15(20)22)8-10-19(11-18)16(23)24/h12-13H,6-11H2,1-5H3,(H,23,24)/t13-,18?/m0/s1. The fraction of sp³-hybridized carbons (Fsp3) is 0.833. The van der Waals surface area contributed by atoms with Gasteiger partial charge >= 0.3 is 12.1 Å². The molecule has 0 radical (unpaired) electrons. The maximum Gasteiger partial charge on any atom is 0.407 e. The Bertz CT molecular complexity index is 554. The number of carbonyl (C=O) groups is 3. The number of amides is 2. The predicted molar refractivity (Wildman–Crippen MR) is 92.1 cm³/mol. The second kappa shape index (κ2) is 6.84. The number of likely N-dealkylation sites (tertiary alicyclic amines) is 2. The van der Waals surface area contributed by atoms with E-state index < -0.39 is 23.2 Å². The molecule has 1 N–H and O–H groups in total. The molecule has 0 saturated carbocycles. The van der Waals surface area contributed by atoms with Crippen molar-refractivity contribution in [3.05, 3.63) is 0 Å². The monoisotopic (exact) mass is 354 g/mol. The Kier molecular flexibility index (Phi) is 5.35. The second-order valence-corrected chi connectivity index (χ2v) is 8.56. The van der Waals surface area contributed by atoms with E-state index >= 15 is 0 Å². The van der Waals surface area contributed by atoms with Crippen molar-refractivity contribution in [1.82, 2.24) is 9.80 Å². The molecular formula is C18H30N2O5.